The first-order valence-corrected chi connectivity index (χ1v) is 19.0. The molecule has 4 aliphatic heterocycles. The quantitative estimate of drug-likeness (QED) is 0.198. The van der Waals surface area contributed by atoms with Crippen LogP contribution in [0.5, 0.6) is 6.01 Å². The molecule has 2 bridgehead atoms. The standard InChI is InChI=1S/C37H38F4N8O6S/c1-36(2,3)55-34(50)46-32-20(9-42)25-28(43-10-23(38)30(25)56-32)24-21-15-53-16-22(21)26-29(27(24)39)44-33(54-14-17-11-47(4)8-7-37(17,40)41)45-31(26)49-18-5-6-19(49)13-48(12-18)35(51)52/h10,17-19H,5-8,11-16H2,1-4H3,(H,46,50)(H,51,52). The van der Waals surface area contributed by atoms with Gasteiger partial charge in [0, 0.05) is 55.6 Å². The first-order chi connectivity index (χ1) is 26.5. The maximum absolute atomic E-state index is 17.6. The zero-order chi connectivity index (χ0) is 39.8. The van der Waals surface area contributed by atoms with Crippen molar-refractivity contribution in [2.45, 2.75) is 76.9 Å². The van der Waals surface area contributed by atoms with Crippen LogP contribution in [0.2, 0.25) is 0 Å². The Morgan fingerprint density at radius 3 is 2.52 bits per heavy atom. The molecule has 3 fully saturated rings. The lowest BCUT2D eigenvalue weighted by atomic mass is 9.93. The molecule has 296 valence electrons. The Labute approximate surface area is 321 Å². The number of thiophene rings is 1. The summed E-state index contributed by atoms with van der Waals surface area (Å²) in [6.45, 7) is 5.02. The van der Waals surface area contributed by atoms with Crippen molar-refractivity contribution >= 4 is 55.3 Å². The van der Waals surface area contributed by atoms with Crippen LogP contribution >= 0.6 is 11.3 Å². The number of anilines is 2. The maximum Gasteiger partial charge on any atom is 0.412 e. The van der Waals surface area contributed by atoms with Gasteiger partial charge in [-0.05, 0) is 51.8 Å². The number of nitrogens with zero attached hydrogens (tertiary/aromatic N) is 7. The molecule has 14 nitrogen and oxygen atoms in total. The maximum atomic E-state index is 17.6. The van der Waals surface area contributed by atoms with Crippen LogP contribution in [0.3, 0.4) is 0 Å². The van der Waals surface area contributed by atoms with Crippen LogP contribution in [0.4, 0.5) is 38.0 Å². The number of nitrogens with one attached hydrogen (secondary N) is 1. The highest BCUT2D eigenvalue weighted by atomic mass is 32.1. The zero-order valence-corrected chi connectivity index (χ0v) is 31.7. The molecule has 0 radical (unpaired) electrons. The van der Waals surface area contributed by atoms with Crippen LogP contribution in [0.25, 0.3) is 32.2 Å². The largest absolute Gasteiger partial charge is 0.465 e. The van der Waals surface area contributed by atoms with Crippen molar-refractivity contribution in [2.75, 3.05) is 50.1 Å². The van der Waals surface area contributed by atoms with E-state index >= 15 is 17.6 Å². The van der Waals surface area contributed by atoms with Gasteiger partial charge in [0.15, 0.2) is 11.6 Å². The summed E-state index contributed by atoms with van der Waals surface area (Å²) < 4.78 is 80.3. The van der Waals surface area contributed by atoms with Crippen LogP contribution in [0, 0.1) is 28.9 Å². The van der Waals surface area contributed by atoms with Gasteiger partial charge in [0.05, 0.1) is 46.7 Å². The number of halogens is 4. The van der Waals surface area contributed by atoms with E-state index in [1.165, 1.54) is 4.90 Å². The molecule has 3 unspecified atom stereocenters. The molecular weight excluding hydrogens is 761 g/mol. The number of piperazine rings is 1. The van der Waals surface area contributed by atoms with Gasteiger partial charge < -0.3 is 34.0 Å². The van der Waals surface area contributed by atoms with Crippen molar-refractivity contribution in [1.29, 1.82) is 5.26 Å². The number of rotatable bonds is 6. The predicted octanol–water partition coefficient (Wildman–Crippen LogP) is 6.73. The number of ether oxygens (including phenoxy) is 3. The Balaban J connectivity index is 1.31. The van der Waals surface area contributed by atoms with E-state index in [0.29, 0.717) is 24.0 Å². The molecule has 0 spiro atoms. The molecule has 1 aromatic carbocycles. The molecule has 2 N–H and O–H groups in total. The number of pyridine rings is 1. The van der Waals surface area contributed by atoms with E-state index in [0.717, 1.165) is 17.5 Å². The summed E-state index contributed by atoms with van der Waals surface area (Å²) in [6.07, 6.45) is -0.142. The molecular formula is C37H38F4N8O6S. The minimum atomic E-state index is -3.02. The summed E-state index contributed by atoms with van der Waals surface area (Å²) in [5, 5.41) is 22.9. The smallest absolute Gasteiger partial charge is 0.412 e. The number of carbonyl (C=O) groups is 2. The van der Waals surface area contributed by atoms with Crippen molar-refractivity contribution in [1.82, 2.24) is 24.8 Å². The predicted molar refractivity (Wildman–Crippen MR) is 196 cm³/mol. The summed E-state index contributed by atoms with van der Waals surface area (Å²) >= 11 is 0.768. The van der Waals surface area contributed by atoms with E-state index in [-0.39, 0.29) is 113 Å². The third-order valence-electron chi connectivity index (χ3n) is 10.8. The third kappa shape index (κ3) is 6.56. The van der Waals surface area contributed by atoms with E-state index in [9.17, 15) is 20.0 Å². The first-order valence-electron chi connectivity index (χ1n) is 18.1. The number of likely N-dealkylation sites (tertiary alicyclic amines) is 2. The van der Waals surface area contributed by atoms with E-state index < -0.39 is 47.9 Å². The number of amides is 2. The summed E-state index contributed by atoms with van der Waals surface area (Å²) in [7, 11) is 1.74. The molecule has 0 saturated carbocycles. The lowest BCUT2D eigenvalue weighted by molar-refractivity contribution is -0.113. The summed E-state index contributed by atoms with van der Waals surface area (Å²) in [5.74, 6) is -5.69. The van der Waals surface area contributed by atoms with E-state index in [1.54, 1.807) is 32.7 Å². The number of carboxylic acid groups (broad SMARTS) is 1. The number of benzene rings is 1. The Kier molecular flexibility index (Phi) is 9.36. The Morgan fingerprint density at radius 2 is 1.84 bits per heavy atom. The topological polar surface area (TPSA) is 166 Å². The average Bonchev–Trinajstić information content (AvgIpc) is 3.82. The molecule has 8 rings (SSSR count). The number of fused-ring (bicyclic) bond motifs is 6. The Morgan fingerprint density at radius 1 is 1.12 bits per heavy atom. The van der Waals surface area contributed by atoms with Crippen LogP contribution < -0.4 is 15.0 Å². The van der Waals surface area contributed by atoms with Crippen LogP contribution in [0.1, 0.15) is 56.7 Å². The summed E-state index contributed by atoms with van der Waals surface area (Å²) in [5.41, 5.74) is -0.648. The van der Waals surface area contributed by atoms with Gasteiger partial charge in [-0.1, -0.05) is 0 Å². The van der Waals surface area contributed by atoms with Crippen molar-refractivity contribution in [3.8, 4) is 23.3 Å². The van der Waals surface area contributed by atoms with Crippen LogP contribution in [-0.2, 0) is 22.7 Å². The fourth-order valence-corrected chi connectivity index (χ4v) is 9.28. The van der Waals surface area contributed by atoms with E-state index in [4.69, 9.17) is 19.2 Å². The van der Waals surface area contributed by atoms with E-state index in [2.05, 4.69) is 15.3 Å². The number of aromatic nitrogens is 3. The molecule has 3 saturated heterocycles. The Bertz CT molecular complexity index is 2320. The summed E-state index contributed by atoms with van der Waals surface area (Å²) in [4.78, 5) is 43.3. The molecule has 56 heavy (non-hydrogen) atoms. The average molecular weight is 799 g/mol. The molecule has 19 heteroatoms. The number of piperidine rings is 1. The van der Waals surface area contributed by atoms with Gasteiger partial charge in [0.25, 0.3) is 5.92 Å². The van der Waals surface area contributed by atoms with Crippen molar-refractivity contribution in [3.05, 3.63) is 34.5 Å². The fourth-order valence-electron chi connectivity index (χ4n) is 8.24. The third-order valence-corrected chi connectivity index (χ3v) is 11.9. The monoisotopic (exact) mass is 798 g/mol. The molecule has 0 aliphatic carbocycles. The minimum absolute atomic E-state index is 0.00867. The van der Waals surface area contributed by atoms with Gasteiger partial charge in [-0.2, -0.15) is 15.2 Å². The lowest BCUT2D eigenvalue weighted by Gasteiger charge is -2.41. The highest BCUT2D eigenvalue weighted by molar-refractivity contribution is 7.23. The molecule has 7 heterocycles. The molecule has 3 aromatic heterocycles. The number of carbonyl (C=O) groups excluding carboxylic acids is 1. The van der Waals surface area contributed by atoms with Gasteiger partial charge in [-0.25, -0.2) is 27.2 Å². The highest BCUT2D eigenvalue weighted by Crippen LogP contribution is 2.49. The van der Waals surface area contributed by atoms with Gasteiger partial charge in [0.2, 0.25) is 0 Å². The van der Waals surface area contributed by atoms with Gasteiger partial charge >= 0.3 is 18.2 Å². The van der Waals surface area contributed by atoms with Gasteiger partial charge in [0.1, 0.15) is 34.6 Å². The SMILES string of the molecule is CN1CCC(F)(F)C(COc2nc(N3C4CCC3CN(C(=O)O)C4)c3c4c(c(-c5ncc(F)c6sc(NC(=O)OC(C)(C)C)c(C#N)c56)c(F)c3n2)COC4)C1. The number of nitriles is 1. The second kappa shape index (κ2) is 13.8. The van der Waals surface area contributed by atoms with Crippen LogP contribution in [-0.4, -0.2) is 105 Å². The van der Waals surface area contributed by atoms with Crippen molar-refractivity contribution in [3.63, 3.8) is 0 Å². The normalized spacial score (nSPS) is 22.0. The summed E-state index contributed by atoms with van der Waals surface area (Å²) in [6, 6.07) is 1.00. The molecule has 3 atom stereocenters. The fraction of sp³-hybridized carbons (Fsp3) is 0.514. The molecule has 4 aromatic rings. The molecule has 2 amide bonds. The number of hydrogen-bond acceptors (Lipinski definition) is 12. The number of alkyl halides is 2. The highest BCUT2D eigenvalue weighted by Gasteiger charge is 2.46. The first kappa shape index (κ1) is 37.8. The Hall–Kier alpha value is -5.06. The minimum Gasteiger partial charge on any atom is -0.465 e. The van der Waals surface area contributed by atoms with Gasteiger partial charge in [-0.15, -0.1) is 11.3 Å². The zero-order valence-electron chi connectivity index (χ0n) is 30.9. The van der Waals surface area contributed by atoms with E-state index in [1.807, 2.05) is 11.0 Å². The number of hydrogen-bond donors (Lipinski definition) is 2. The second-order valence-corrected chi connectivity index (χ2v) is 16.7. The lowest BCUT2D eigenvalue weighted by Crippen LogP contribution is -2.55. The van der Waals surface area contributed by atoms with Crippen molar-refractivity contribution < 1.29 is 46.5 Å². The second-order valence-electron chi connectivity index (χ2n) is 15.7. The van der Waals surface area contributed by atoms with Gasteiger partial charge in [-0.3, -0.25) is 10.3 Å². The van der Waals surface area contributed by atoms with Crippen molar-refractivity contribution in [2.24, 2.45) is 5.92 Å². The van der Waals surface area contributed by atoms with Crippen LogP contribution in [0.15, 0.2) is 6.20 Å². The molecule has 4 aliphatic rings.